The lowest BCUT2D eigenvalue weighted by molar-refractivity contribution is -0.147. The Morgan fingerprint density at radius 3 is 2.75 bits per heavy atom. The SMILES string of the molecule is Cn1cc(CCC(=O)N2CC[C@@]3(CCCN(CC4CCCCC4)C3=O)C2)cn1. The third kappa shape index (κ3) is 4.11. The summed E-state index contributed by atoms with van der Waals surface area (Å²) in [6, 6.07) is 0. The molecule has 1 spiro atoms. The van der Waals surface area contributed by atoms with Gasteiger partial charge in [-0.1, -0.05) is 19.3 Å². The van der Waals surface area contributed by atoms with Gasteiger partial charge in [-0.3, -0.25) is 14.3 Å². The molecule has 0 unspecified atom stereocenters. The summed E-state index contributed by atoms with van der Waals surface area (Å²) < 4.78 is 1.77. The van der Waals surface area contributed by atoms with Crippen LogP contribution in [0.25, 0.3) is 0 Å². The van der Waals surface area contributed by atoms with E-state index in [0.717, 1.165) is 50.9 Å². The van der Waals surface area contributed by atoms with Gasteiger partial charge in [0.15, 0.2) is 0 Å². The van der Waals surface area contributed by atoms with Crippen molar-refractivity contribution in [2.75, 3.05) is 26.2 Å². The third-order valence-corrected chi connectivity index (χ3v) is 7.12. The maximum atomic E-state index is 13.4. The molecule has 1 atom stereocenters. The molecule has 1 aromatic rings. The van der Waals surface area contributed by atoms with E-state index < -0.39 is 0 Å². The van der Waals surface area contributed by atoms with Crippen molar-refractivity contribution >= 4 is 11.8 Å². The average Bonchev–Trinajstić information content (AvgIpc) is 3.32. The van der Waals surface area contributed by atoms with Gasteiger partial charge < -0.3 is 9.80 Å². The molecule has 3 heterocycles. The van der Waals surface area contributed by atoms with E-state index in [1.807, 2.05) is 24.3 Å². The molecule has 0 aromatic carbocycles. The molecule has 6 heteroatoms. The fourth-order valence-electron chi connectivity index (χ4n) is 5.48. The van der Waals surface area contributed by atoms with E-state index in [1.54, 1.807) is 4.68 Å². The van der Waals surface area contributed by atoms with E-state index >= 15 is 0 Å². The van der Waals surface area contributed by atoms with Gasteiger partial charge in [0.2, 0.25) is 11.8 Å². The maximum absolute atomic E-state index is 13.4. The molecule has 3 fully saturated rings. The average molecular weight is 387 g/mol. The Bertz CT molecular complexity index is 709. The van der Waals surface area contributed by atoms with Crippen LogP contribution in [0.2, 0.25) is 0 Å². The molecule has 1 aliphatic carbocycles. The van der Waals surface area contributed by atoms with Crippen LogP contribution in [0, 0.1) is 11.3 Å². The van der Waals surface area contributed by atoms with Gasteiger partial charge in [-0.25, -0.2) is 0 Å². The number of carbonyl (C=O) groups is 2. The van der Waals surface area contributed by atoms with Crippen LogP contribution in [-0.2, 0) is 23.1 Å². The lowest BCUT2D eigenvalue weighted by Gasteiger charge is -2.41. The summed E-state index contributed by atoms with van der Waals surface area (Å²) in [5.41, 5.74) is 0.786. The first-order valence-electron chi connectivity index (χ1n) is 11.1. The van der Waals surface area contributed by atoms with Crippen molar-refractivity contribution < 1.29 is 9.59 Å². The third-order valence-electron chi connectivity index (χ3n) is 7.12. The molecule has 0 bridgehead atoms. The van der Waals surface area contributed by atoms with Gasteiger partial charge in [0.1, 0.15) is 0 Å². The van der Waals surface area contributed by atoms with Crippen molar-refractivity contribution in [2.45, 2.75) is 64.2 Å². The Labute approximate surface area is 168 Å². The van der Waals surface area contributed by atoms with Crippen LogP contribution in [0.5, 0.6) is 0 Å². The van der Waals surface area contributed by atoms with Gasteiger partial charge in [-0.15, -0.1) is 0 Å². The van der Waals surface area contributed by atoms with Gasteiger partial charge in [0.25, 0.3) is 0 Å². The minimum atomic E-state index is -0.309. The maximum Gasteiger partial charge on any atom is 0.230 e. The van der Waals surface area contributed by atoms with Crippen LogP contribution in [-0.4, -0.2) is 57.6 Å². The summed E-state index contributed by atoms with van der Waals surface area (Å²) in [4.78, 5) is 30.2. The molecule has 0 radical (unpaired) electrons. The Kier molecular flexibility index (Phi) is 5.74. The van der Waals surface area contributed by atoms with Gasteiger partial charge in [-0.05, 0) is 50.0 Å². The second-order valence-electron chi connectivity index (χ2n) is 9.23. The highest BCUT2D eigenvalue weighted by atomic mass is 16.2. The van der Waals surface area contributed by atoms with Crippen molar-refractivity contribution in [1.29, 1.82) is 0 Å². The monoisotopic (exact) mass is 386 g/mol. The number of likely N-dealkylation sites (tertiary alicyclic amines) is 2. The number of aromatic nitrogens is 2. The molecule has 6 nitrogen and oxygen atoms in total. The second kappa shape index (κ2) is 8.26. The summed E-state index contributed by atoms with van der Waals surface area (Å²) in [6.45, 7) is 3.20. The number of aryl methyl sites for hydroxylation is 2. The van der Waals surface area contributed by atoms with E-state index in [0.29, 0.717) is 24.8 Å². The topological polar surface area (TPSA) is 58.4 Å². The van der Waals surface area contributed by atoms with Crippen LogP contribution in [0.1, 0.15) is 63.4 Å². The largest absolute Gasteiger partial charge is 0.342 e. The predicted octanol–water partition coefficient (Wildman–Crippen LogP) is 2.77. The number of nitrogens with zero attached hydrogens (tertiary/aromatic N) is 4. The quantitative estimate of drug-likeness (QED) is 0.782. The van der Waals surface area contributed by atoms with E-state index in [4.69, 9.17) is 0 Å². The molecular weight excluding hydrogens is 352 g/mol. The zero-order valence-electron chi connectivity index (χ0n) is 17.2. The van der Waals surface area contributed by atoms with Crippen LogP contribution in [0.15, 0.2) is 12.4 Å². The van der Waals surface area contributed by atoms with E-state index in [2.05, 4.69) is 10.00 Å². The normalized spacial score (nSPS) is 26.4. The number of piperidine rings is 1. The molecule has 1 aromatic heterocycles. The highest BCUT2D eigenvalue weighted by Crippen LogP contribution is 2.41. The number of hydrogen-bond acceptors (Lipinski definition) is 3. The van der Waals surface area contributed by atoms with Gasteiger partial charge in [0, 0.05) is 45.8 Å². The van der Waals surface area contributed by atoms with Crippen LogP contribution < -0.4 is 0 Å². The summed E-state index contributed by atoms with van der Waals surface area (Å²) >= 11 is 0. The number of hydrogen-bond donors (Lipinski definition) is 0. The predicted molar refractivity (Wildman–Crippen MR) is 108 cm³/mol. The zero-order chi connectivity index (χ0) is 19.6. The first kappa shape index (κ1) is 19.5. The molecule has 2 aliphatic heterocycles. The number of amides is 2. The van der Waals surface area contributed by atoms with Crippen LogP contribution >= 0.6 is 0 Å². The summed E-state index contributed by atoms with van der Waals surface area (Å²) in [6.07, 6.45) is 14.4. The van der Waals surface area contributed by atoms with Crippen molar-refractivity contribution in [3.8, 4) is 0 Å². The van der Waals surface area contributed by atoms with Gasteiger partial charge in [0.05, 0.1) is 11.6 Å². The highest BCUT2D eigenvalue weighted by Gasteiger charge is 2.49. The van der Waals surface area contributed by atoms with Crippen molar-refractivity contribution in [3.05, 3.63) is 18.0 Å². The summed E-state index contributed by atoms with van der Waals surface area (Å²) in [5, 5.41) is 4.17. The second-order valence-corrected chi connectivity index (χ2v) is 9.23. The molecular formula is C22H34N4O2. The highest BCUT2D eigenvalue weighted by molar-refractivity contribution is 5.86. The number of carbonyl (C=O) groups excluding carboxylic acids is 2. The standard InChI is InChI=1S/C22H34N4O2/c1-24-15-19(14-23-24)8-9-20(27)26-13-11-22(17-26)10-5-12-25(21(22)28)16-18-6-3-2-4-7-18/h14-15,18H,2-13,16-17H2,1H3/t22-/m0/s1. The minimum Gasteiger partial charge on any atom is -0.342 e. The fourth-order valence-corrected chi connectivity index (χ4v) is 5.48. The summed E-state index contributed by atoms with van der Waals surface area (Å²) in [5.74, 6) is 1.19. The molecule has 2 amide bonds. The smallest absolute Gasteiger partial charge is 0.230 e. The molecule has 28 heavy (non-hydrogen) atoms. The first-order valence-corrected chi connectivity index (χ1v) is 11.1. The molecule has 2 saturated heterocycles. The minimum absolute atomic E-state index is 0.179. The Morgan fingerprint density at radius 1 is 1.18 bits per heavy atom. The van der Waals surface area contributed by atoms with Crippen LogP contribution in [0.3, 0.4) is 0 Å². The Balaban J connectivity index is 1.33. The Morgan fingerprint density at radius 2 is 2.00 bits per heavy atom. The Hall–Kier alpha value is -1.85. The molecule has 1 saturated carbocycles. The van der Waals surface area contributed by atoms with E-state index in [1.165, 1.54) is 32.1 Å². The zero-order valence-corrected chi connectivity index (χ0v) is 17.2. The molecule has 4 rings (SSSR count). The van der Waals surface area contributed by atoms with Crippen molar-refractivity contribution in [2.24, 2.45) is 18.4 Å². The van der Waals surface area contributed by atoms with Crippen molar-refractivity contribution in [3.63, 3.8) is 0 Å². The fraction of sp³-hybridized carbons (Fsp3) is 0.773. The number of rotatable bonds is 5. The van der Waals surface area contributed by atoms with Crippen LogP contribution in [0.4, 0.5) is 0 Å². The first-order chi connectivity index (χ1) is 13.6. The lowest BCUT2D eigenvalue weighted by Crippen LogP contribution is -2.51. The van der Waals surface area contributed by atoms with E-state index in [9.17, 15) is 9.59 Å². The molecule has 0 N–H and O–H groups in total. The lowest BCUT2D eigenvalue weighted by atomic mass is 9.77. The van der Waals surface area contributed by atoms with E-state index in [-0.39, 0.29) is 11.3 Å². The molecule has 154 valence electrons. The van der Waals surface area contributed by atoms with Gasteiger partial charge in [-0.2, -0.15) is 5.10 Å². The summed E-state index contributed by atoms with van der Waals surface area (Å²) in [7, 11) is 1.89. The van der Waals surface area contributed by atoms with Gasteiger partial charge >= 0.3 is 0 Å². The van der Waals surface area contributed by atoms with Crippen molar-refractivity contribution in [1.82, 2.24) is 19.6 Å². The molecule has 3 aliphatic rings.